The van der Waals surface area contributed by atoms with Crippen LogP contribution >= 0.6 is 0 Å². The van der Waals surface area contributed by atoms with Crippen molar-refractivity contribution < 1.29 is 19.4 Å². The van der Waals surface area contributed by atoms with Gasteiger partial charge < -0.3 is 20.3 Å². The highest BCUT2D eigenvalue weighted by atomic mass is 16.5. The molecule has 106 valence electrons. The van der Waals surface area contributed by atoms with Gasteiger partial charge in [0, 0.05) is 12.5 Å². The summed E-state index contributed by atoms with van der Waals surface area (Å²) in [6, 6.07) is 1.61. The number of aryl methyl sites for hydroxylation is 1. The second-order valence-electron chi connectivity index (χ2n) is 4.51. The maximum atomic E-state index is 10.6. The first-order chi connectivity index (χ1) is 8.92. The van der Waals surface area contributed by atoms with Gasteiger partial charge in [-0.1, -0.05) is 6.07 Å². The lowest BCUT2D eigenvalue weighted by atomic mass is 9.95. The zero-order valence-corrected chi connectivity index (χ0v) is 11.8. The van der Waals surface area contributed by atoms with Crippen molar-refractivity contribution in [1.82, 2.24) is 0 Å². The first-order valence-electron chi connectivity index (χ1n) is 6.11. The van der Waals surface area contributed by atoms with Gasteiger partial charge >= 0.3 is 5.97 Å². The molecule has 0 saturated carbocycles. The highest BCUT2D eigenvalue weighted by Gasteiger charge is 2.19. The highest BCUT2D eigenvalue weighted by molar-refractivity contribution is 5.66. The van der Waals surface area contributed by atoms with E-state index in [1.807, 2.05) is 19.9 Å². The molecule has 1 atom stereocenters. The smallest absolute Gasteiger partial charge is 0.303 e. The van der Waals surface area contributed by atoms with Crippen LogP contribution in [0.1, 0.15) is 35.6 Å². The molecule has 1 rings (SSSR count). The summed E-state index contributed by atoms with van der Waals surface area (Å²) in [5.41, 5.74) is 8.78. The fourth-order valence-electron chi connectivity index (χ4n) is 2.21. The van der Waals surface area contributed by atoms with Crippen LogP contribution in [0.15, 0.2) is 6.07 Å². The molecule has 0 aliphatic heterocycles. The molecule has 0 aromatic heterocycles. The van der Waals surface area contributed by atoms with Crippen LogP contribution < -0.4 is 15.2 Å². The van der Waals surface area contributed by atoms with Crippen LogP contribution in [-0.2, 0) is 4.79 Å². The van der Waals surface area contributed by atoms with Gasteiger partial charge in [0.25, 0.3) is 0 Å². The molecular weight excluding hydrogens is 246 g/mol. The number of methoxy groups -OCH3 is 2. The zero-order chi connectivity index (χ0) is 14.6. The Kier molecular flexibility index (Phi) is 5.18. The predicted octanol–water partition coefficient (Wildman–Crippen LogP) is 2.19. The van der Waals surface area contributed by atoms with Crippen molar-refractivity contribution in [2.75, 3.05) is 14.2 Å². The molecule has 5 nitrogen and oxygen atoms in total. The summed E-state index contributed by atoms with van der Waals surface area (Å²) >= 11 is 0. The summed E-state index contributed by atoms with van der Waals surface area (Å²) in [6.45, 7) is 3.81. The van der Waals surface area contributed by atoms with Crippen molar-refractivity contribution >= 4 is 5.97 Å². The van der Waals surface area contributed by atoms with E-state index in [0.29, 0.717) is 17.9 Å². The molecule has 0 aliphatic carbocycles. The van der Waals surface area contributed by atoms with Crippen molar-refractivity contribution in [3.05, 3.63) is 22.8 Å². The molecule has 0 aliphatic rings. The minimum atomic E-state index is -0.842. The van der Waals surface area contributed by atoms with E-state index in [4.69, 9.17) is 20.3 Å². The van der Waals surface area contributed by atoms with E-state index >= 15 is 0 Å². The molecule has 0 radical (unpaired) electrons. The van der Waals surface area contributed by atoms with Gasteiger partial charge in [0.05, 0.1) is 14.2 Å². The number of aliphatic carboxylic acids is 1. The highest BCUT2D eigenvalue weighted by Crippen LogP contribution is 2.38. The van der Waals surface area contributed by atoms with Crippen LogP contribution in [0.5, 0.6) is 11.5 Å². The fourth-order valence-corrected chi connectivity index (χ4v) is 2.21. The minimum Gasteiger partial charge on any atom is -0.493 e. The maximum absolute atomic E-state index is 10.6. The molecular formula is C14H21NO4. The summed E-state index contributed by atoms with van der Waals surface area (Å²) in [7, 11) is 3.17. The Morgan fingerprint density at radius 3 is 2.37 bits per heavy atom. The third kappa shape index (κ3) is 3.38. The number of carboxylic acids is 1. The molecule has 0 heterocycles. The maximum Gasteiger partial charge on any atom is 0.303 e. The number of ether oxygens (including phenoxy) is 2. The van der Waals surface area contributed by atoms with Crippen molar-refractivity contribution in [3.63, 3.8) is 0 Å². The summed E-state index contributed by atoms with van der Waals surface area (Å²) in [6.07, 6.45) is 0.444. The summed E-state index contributed by atoms with van der Waals surface area (Å²) in [4.78, 5) is 10.6. The lowest BCUT2D eigenvalue weighted by Gasteiger charge is -2.20. The summed E-state index contributed by atoms with van der Waals surface area (Å²) in [5.74, 6) is 0.503. The number of hydrogen-bond donors (Lipinski definition) is 2. The Labute approximate surface area is 113 Å². The van der Waals surface area contributed by atoms with Crippen LogP contribution in [0.3, 0.4) is 0 Å². The van der Waals surface area contributed by atoms with Gasteiger partial charge in [0.1, 0.15) is 0 Å². The van der Waals surface area contributed by atoms with Gasteiger partial charge in [-0.25, -0.2) is 0 Å². The van der Waals surface area contributed by atoms with Crippen molar-refractivity contribution in [1.29, 1.82) is 0 Å². The molecule has 5 heteroatoms. The van der Waals surface area contributed by atoms with E-state index in [1.54, 1.807) is 14.2 Å². The van der Waals surface area contributed by atoms with E-state index < -0.39 is 5.97 Å². The summed E-state index contributed by atoms with van der Waals surface area (Å²) < 4.78 is 10.7. The Balaban J connectivity index is 3.15. The van der Waals surface area contributed by atoms with Gasteiger partial charge in [0.15, 0.2) is 11.5 Å². The van der Waals surface area contributed by atoms with E-state index in [9.17, 15) is 4.79 Å². The third-order valence-corrected chi connectivity index (χ3v) is 3.19. The Morgan fingerprint density at radius 2 is 1.89 bits per heavy atom. The van der Waals surface area contributed by atoms with Gasteiger partial charge in [-0.15, -0.1) is 0 Å². The van der Waals surface area contributed by atoms with Crippen molar-refractivity contribution in [3.8, 4) is 11.5 Å². The molecule has 0 fully saturated rings. The lowest BCUT2D eigenvalue weighted by Crippen LogP contribution is -2.14. The molecule has 1 unspecified atom stereocenters. The van der Waals surface area contributed by atoms with Crippen molar-refractivity contribution in [2.24, 2.45) is 5.73 Å². The van der Waals surface area contributed by atoms with Gasteiger partial charge in [-0.05, 0) is 37.0 Å². The molecule has 0 amide bonds. The monoisotopic (exact) mass is 267 g/mol. The Morgan fingerprint density at radius 1 is 1.32 bits per heavy atom. The van der Waals surface area contributed by atoms with E-state index in [2.05, 4.69) is 0 Å². The molecule has 19 heavy (non-hydrogen) atoms. The molecule has 0 bridgehead atoms. The number of nitrogens with two attached hydrogens (primary N) is 1. The van der Waals surface area contributed by atoms with Gasteiger partial charge in [-0.2, -0.15) is 0 Å². The standard InChI is InChI=1S/C14H21NO4/c1-8-7-10(11(15)5-6-12(16)17)9(2)14(19-4)13(8)18-3/h7,11H,5-6,15H2,1-4H3,(H,16,17). The Bertz CT molecular complexity index is 471. The van der Waals surface area contributed by atoms with Gasteiger partial charge in [0.2, 0.25) is 0 Å². The molecule has 1 aromatic rings. The lowest BCUT2D eigenvalue weighted by molar-refractivity contribution is -0.137. The topological polar surface area (TPSA) is 81.8 Å². The SMILES string of the molecule is COc1c(C)cc(C(N)CCC(=O)O)c(C)c1OC. The number of hydrogen-bond acceptors (Lipinski definition) is 4. The van der Waals surface area contributed by atoms with E-state index in [-0.39, 0.29) is 12.5 Å². The summed E-state index contributed by atoms with van der Waals surface area (Å²) in [5, 5.41) is 8.72. The normalized spacial score (nSPS) is 12.1. The molecule has 3 N–H and O–H groups in total. The number of carboxylic acid groups (broad SMARTS) is 1. The molecule has 1 aromatic carbocycles. The second-order valence-corrected chi connectivity index (χ2v) is 4.51. The molecule has 0 saturated heterocycles. The first kappa shape index (κ1) is 15.3. The average Bonchev–Trinajstić information content (AvgIpc) is 2.37. The zero-order valence-electron chi connectivity index (χ0n) is 11.8. The third-order valence-electron chi connectivity index (χ3n) is 3.19. The van der Waals surface area contributed by atoms with Crippen LogP contribution in [0.2, 0.25) is 0 Å². The van der Waals surface area contributed by atoms with Crippen molar-refractivity contribution in [2.45, 2.75) is 32.7 Å². The first-order valence-corrected chi connectivity index (χ1v) is 6.11. The predicted molar refractivity (Wildman–Crippen MR) is 72.8 cm³/mol. The van der Waals surface area contributed by atoms with Crippen LogP contribution in [-0.4, -0.2) is 25.3 Å². The number of benzene rings is 1. The average molecular weight is 267 g/mol. The fraction of sp³-hybridized carbons (Fsp3) is 0.500. The van der Waals surface area contributed by atoms with Crippen LogP contribution in [0, 0.1) is 13.8 Å². The Hall–Kier alpha value is -1.75. The quantitative estimate of drug-likeness (QED) is 0.825. The largest absolute Gasteiger partial charge is 0.493 e. The van der Waals surface area contributed by atoms with Gasteiger partial charge in [-0.3, -0.25) is 4.79 Å². The van der Waals surface area contributed by atoms with E-state index in [0.717, 1.165) is 16.7 Å². The van der Waals surface area contributed by atoms with Crippen LogP contribution in [0.4, 0.5) is 0 Å². The van der Waals surface area contributed by atoms with Crippen LogP contribution in [0.25, 0.3) is 0 Å². The molecule has 0 spiro atoms. The van der Waals surface area contributed by atoms with E-state index in [1.165, 1.54) is 0 Å². The minimum absolute atomic E-state index is 0.0496. The number of carbonyl (C=O) groups is 1. The second kappa shape index (κ2) is 6.43. The number of rotatable bonds is 6.